The minimum Gasteiger partial charge on any atom is -0.493 e. The van der Waals surface area contributed by atoms with E-state index in [0.29, 0.717) is 39.8 Å². The lowest BCUT2D eigenvalue weighted by Gasteiger charge is -2.12. The molecule has 0 aliphatic rings. The van der Waals surface area contributed by atoms with Gasteiger partial charge in [0.25, 0.3) is 5.56 Å². The number of methoxy groups -OCH3 is 2. The van der Waals surface area contributed by atoms with E-state index in [0.717, 1.165) is 0 Å². The Bertz CT molecular complexity index is 1110. The van der Waals surface area contributed by atoms with Crippen molar-refractivity contribution in [3.8, 4) is 11.5 Å². The highest BCUT2D eigenvalue weighted by Crippen LogP contribution is 2.30. The van der Waals surface area contributed by atoms with Gasteiger partial charge in [0.15, 0.2) is 16.7 Å². The van der Waals surface area contributed by atoms with Crippen LogP contribution in [-0.4, -0.2) is 35.4 Å². The zero-order chi connectivity index (χ0) is 20.8. The second-order valence-corrected chi connectivity index (χ2v) is 6.97. The number of carbonyl (C=O) groups is 1. The number of nitrogens with one attached hydrogen (secondary N) is 1. The first-order chi connectivity index (χ1) is 14.1. The number of allylic oxidation sites excluding steroid dienone is 1. The first-order valence-corrected chi connectivity index (χ1v) is 9.81. The van der Waals surface area contributed by atoms with Crippen LogP contribution < -0.4 is 20.3 Å². The molecule has 0 aliphatic carbocycles. The molecule has 0 unspecified atom stereocenters. The number of carbonyl (C=O) groups excluding carboxylic acids is 1. The second kappa shape index (κ2) is 9.29. The lowest BCUT2D eigenvalue weighted by atomic mass is 10.2. The van der Waals surface area contributed by atoms with Gasteiger partial charge < -0.3 is 14.8 Å². The minimum absolute atomic E-state index is 0.0935. The molecule has 0 saturated carbocycles. The van der Waals surface area contributed by atoms with Gasteiger partial charge in [-0.3, -0.25) is 14.2 Å². The van der Waals surface area contributed by atoms with Gasteiger partial charge in [-0.05, 0) is 24.3 Å². The van der Waals surface area contributed by atoms with Gasteiger partial charge in [0, 0.05) is 18.3 Å². The average Bonchev–Trinajstić information content (AvgIpc) is 2.74. The molecule has 0 spiro atoms. The molecule has 3 rings (SSSR count). The van der Waals surface area contributed by atoms with Gasteiger partial charge in [-0.1, -0.05) is 30.0 Å². The molecule has 8 heteroatoms. The highest BCUT2D eigenvalue weighted by molar-refractivity contribution is 7.99. The Kier molecular flexibility index (Phi) is 6.56. The lowest BCUT2D eigenvalue weighted by molar-refractivity contribution is -0.113. The SMILES string of the molecule is C=CCn1c(SCC(=O)Nc2ccc(OC)c(OC)c2)nc2ccccc2c1=O. The minimum atomic E-state index is -0.227. The van der Waals surface area contributed by atoms with Crippen molar-refractivity contribution >= 4 is 34.3 Å². The van der Waals surface area contributed by atoms with E-state index in [1.54, 1.807) is 49.6 Å². The van der Waals surface area contributed by atoms with Crippen LogP contribution >= 0.6 is 11.8 Å². The molecule has 1 amide bonds. The first-order valence-electron chi connectivity index (χ1n) is 8.82. The largest absolute Gasteiger partial charge is 0.493 e. The molecule has 0 saturated heterocycles. The summed E-state index contributed by atoms with van der Waals surface area (Å²) in [5.41, 5.74) is 1.03. The molecular formula is C21H21N3O4S. The van der Waals surface area contributed by atoms with E-state index in [2.05, 4.69) is 16.9 Å². The van der Waals surface area contributed by atoms with E-state index in [4.69, 9.17) is 9.47 Å². The number of anilines is 1. The van der Waals surface area contributed by atoms with Crippen molar-refractivity contribution in [2.24, 2.45) is 0 Å². The normalized spacial score (nSPS) is 10.6. The number of ether oxygens (including phenoxy) is 2. The van der Waals surface area contributed by atoms with E-state index in [-0.39, 0.29) is 17.2 Å². The summed E-state index contributed by atoms with van der Waals surface area (Å²) >= 11 is 1.20. The fourth-order valence-electron chi connectivity index (χ4n) is 2.79. The van der Waals surface area contributed by atoms with Crippen molar-refractivity contribution in [1.82, 2.24) is 9.55 Å². The molecule has 7 nitrogen and oxygen atoms in total. The van der Waals surface area contributed by atoms with Gasteiger partial charge in [0.05, 0.1) is 30.9 Å². The molecule has 150 valence electrons. The van der Waals surface area contributed by atoms with E-state index in [1.165, 1.54) is 23.4 Å². The van der Waals surface area contributed by atoms with Crippen molar-refractivity contribution in [3.05, 3.63) is 65.5 Å². The topological polar surface area (TPSA) is 82.5 Å². The summed E-state index contributed by atoms with van der Waals surface area (Å²) in [6.45, 7) is 4.02. The molecule has 0 aliphatic heterocycles. The zero-order valence-electron chi connectivity index (χ0n) is 16.2. The van der Waals surface area contributed by atoms with Gasteiger partial charge in [-0.15, -0.1) is 6.58 Å². The van der Waals surface area contributed by atoms with E-state index < -0.39 is 0 Å². The van der Waals surface area contributed by atoms with Crippen LogP contribution in [0.25, 0.3) is 10.9 Å². The summed E-state index contributed by atoms with van der Waals surface area (Å²) in [4.78, 5) is 29.7. The number of rotatable bonds is 8. The Balaban J connectivity index is 1.78. The third kappa shape index (κ3) is 4.60. The monoisotopic (exact) mass is 411 g/mol. The fraction of sp³-hybridized carbons (Fsp3) is 0.190. The lowest BCUT2D eigenvalue weighted by Crippen LogP contribution is -2.23. The molecule has 0 atom stereocenters. The predicted octanol–water partition coefficient (Wildman–Crippen LogP) is 3.33. The average molecular weight is 411 g/mol. The molecule has 0 radical (unpaired) electrons. The summed E-state index contributed by atoms with van der Waals surface area (Å²) in [7, 11) is 3.08. The molecule has 1 aromatic heterocycles. The molecule has 3 aromatic rings. The summed E-state index contributed by atoms with van der Waals surface area (Å²) in [5, 5.41) is 3.82. The van der Waals surface area contributed by atoms with Crippen LogP contribution in [0.2, 0.25) is 0 Å². The van der Waals surface area contributed by atoms with Crippen molar-refractivity contribution < 1.29 is 14.3 Å². The van der Waals surface area contributed by atoms with Gasteiger partial charge >= 0.3 is 0 Å². The van der Waals surface area contributed by atoms with Crippen molar-refractivity contribution in [1.29, 1.82) is 0 Å². The molecule has 2 aromatic carbocycles. The first kappa shape index (κ1) is 20.5. The number of para-hydroxylation sites is 1. The van der Waals surface area contributed by atoms with Crippen LogP contribution in [0, 0.1) is 0 Å². The van der Waals surface area contributed by atoms with Crippen LogP contribution in [0.4, 0.5) is 5.69 Å². The van der Waals surface area contributed by atoms with Crippen LogP contribution in [-0.2, 0) is 11.3 Å². The van der Waals surface area contributed by atoms with Crippen LogP contribution in [0.3, 0.4) is 0 Å². The highest BCUT2D eigenvalue weighted by Gasteiger charge is 2.13. The van der Waals surface area contributed by atoms with Crippen LogP contribution in [0.5, 0.6) is 11.5 Å². The molecule has 29 heavy (non-hydrogen) atoms. The van der Waals surface area contributed by atoms with Crippen molar-refractivity contribution in [2.45, 2.75) is 11.7 Å². The Labute approximate surface area is 172 Å². The summed E-state index contributed by atoms with van der Waals surface area (Å²) in [5.74, 6) is 0.966. The Morgan fingerprint density at radius 1 is 1.21 bits per heavy atom. The third-order valence-electron chi connectivity index (χ3n) is 4.14. The quantitative estimate of drug-likeness (QED) is 0.348. The predicted molar refractivity (Wildman–Crippen MR) is 115 cm³/mol. The molecule has 1 N–H and O–H groups in total. The van der Waals surface area contributed by atoms with Crippen molar-refractivity contribution in [3.63, 3.8) is 0 Å². The number of benzene rings is 2. The van der Waals surface area contributed by atoms with E-state index in [9.17, 15) is 9.59 Å². The maximum Gasteiger partial charge on any atom is 0.262 e. The highest BCUT2D eigenvalue weighted by atomic mass is 32.2. The molecule has 0 bridgehead atoms. The van der Waals surface area contributed by atoms with Crippen LogP contribution in [0.1, 0.15) is 0 Å². The maximum absolute atomic E-state index is 12.7. The van der Waals surface area contributed by atoms with E-state index in [1.807, 2.05) is 6.07 Å². The van der Waals surface area contributed by atoms with Gasteiger partial charge in [0.2, 0.25) is 5.91 Å². The van der Waals surface area contributed by atoms with E-state index >= 15 is 0 Å². The third-order valence-corrected chi connectivity index (χ3v) is 5.11. The number of amides is 1. The van der Waals surface area contributed by atoms with Crippen molar-refractivity contribution in [2.75, 3.05) is 25.3 Å². The number of fused-ring (bicyclic) bond motifs is 1. The number of thioether (sulfide) groups is 1. The maximum atomic E-state index is 12.7. The van der Waals surface area contributed by atoms with Crippen LogP contribution in [0.15, 0.2) is 65.1 Å². The summed E-state index contributed by atoms with van der Waals surface area (Å²) in [6.07, 6.45) is 1.63. The zero-order valence-corrected chi connectivity index (χ0v) is 17.0. The Hall–Kier alpha value is -3.26. The summed E-state index contributed by atoms with van der Waals surface area (Å²) in [6, 6.07) is 12.3. The molecule has 0 fully saturated rings. The molecular weight excluding hydrogens is 390 g/mol. The smallest absolute Gasteiger partial charge is 0.262 e. The van der Waals surface area contributed by atoms with Gasteiger partial charge in [0.1, 0.15) is 0 Å². The second-order valence-electron chi connectivity index (χ2n) is 6.02. The number of aromatic nitrogens is 2. The standard InChI is InChI=1S/C21H21N3O4S/c1-4-11-24-20(26)15-7-5-6-8-16(15)23-21(24)29-13-19(25)22-14-9-10-17(27-2)18(12-14)28-3/h4-10,12H,1,11,13H2,2-3H3,(H,22,25). The van der Waals surface area contributed by atoms with Gasteiger partial charge in [-0.2, -0.15) is 0 Å². The number of hydrogen-bond donors (Lipinski definition) is 1. The Morgan fingerprint density at radius 2 is 1.97 bits per heavy atom. The Morgan fingerprint density at radius 3 is 2.69 bits per heavy atom. The fourth-order valence-corrected chi connectivity index (χ4v) is 3.60. The number of hydrogen-bond acceptors (Lipinski definition) is 6. The van der Waals surface area contributed by atoms with Gasteiger partial charge in [-0.25, -0.2) is 4.98 Å². The molecule has 1 heterocycles. The number of nitrogens with zero attached hydrogens (tertiary/aromatic N) is 2. The summed E-state index contributed by atoms with van der Waals surface area (Å²) < 4.78 is 12.0.